The van der Waals surface area contributed by atoms with E-state index in [0.29, 0.717) is 22.6 Å². The van der Waals surface area contributed by atoms with Crippen molar-refractivity contribution in [3.63, 3.8) is 0 Å². The maximum absolute atomic E-state index is 11.3. The van der Waals surface area contributed by atoms with Gasteiger partial charge in [0.1, 0.15) is 0 Å². The number of aromatic carboxylic acids is 1. The molecule has 6 heteroatoms. The van der Waals surface area contributed by atoms with Gasteiger partial charge in [-0.25, -0.2) is 14.5 Å². The number of carbonyl (C=O) groups is 1. The van der Waals surface area contributed by atoms with Crippen LogP contribution in [0.15, 0.2) is 6.07 Å². The van der Waals surface area contributed by atoms with Crippen LogP contribution in [0.5, 0.6) is 0 Å². The molecule has 2 aliphatic rings. The lowest BCUT2D eigenvalue weighted by Crippen LogP contribution is -2.16. The van der Waals surface area contributed by atoms with Crippen LogP contribution in [0.4, 0.5) is 0 Å². The first kappa shape index (κ1) is 14.9. The number of hydrogen-bond donors (Lipinski definition) is 1. The molecule has 4 rings (SSSR count). The summed E-state index contributed by atoms with van der Waals surface area (Å²) in [5, 5.41) is 15.5. The Labute approximate surface area is 139 Å². The molecule has 2 aromatic rings. The van der Waals surface area contributed by atoms with Crippen molar-refractivity contribution < 1.29 is 9.90 Å². The van der Waals surface area contributed by atoms with Crippen molar-refractivity contribution in [1.29, 1.82) is 0 Å². The number of pyridine rings is 1. The largest absolute Gasteiger partial charge is 0.477 e. The van der Waals surface area contributed by atoms with Gasteiger partial charge in [0, 0.05) is 5.92 Å². The quantitative estimate of drug-likeness (QED) is 0.894. The first-order chi connectivity index (χ1) is 11.1. The third-order valence-corrected chi connectivity index (χ3v) is 5.57. The van der Waals surface area contributed by atoms with Gasteiger partial charge in [-0.2, -0.15) is 5.10 Å². The smallest absolute Gasteiger partial charge is 0.354 e. The fraction of sp³-hybridized carbons (Fsp3) is 0.588. The van der Waals surface area contributed by atoms with Gasteiger partial charge < -0.3 is 5.11 Å². The first-order valence-electron chi connectivity index (χ1n) is 8.47. The van der Waals surface area contributed by atoms with Crippen LogP contribution in [0.1, 0.15) is 79.5 Å². The molecule has 0 aliphatic heterocycles. The van der Waals surface area contributed by atoms with Gasteiger partial charge in [0.05, 0.1) is 22.1 Å². The van der Waals surface area contributed by atoms with E-state index in [1.54, 1.807) is 0 Å². The van der Waals surface area contributed by atoms with Crippen molar-refractivity contribution in [3.8, 4) is 0 Å². The second-order valence-corrected chi connectivity index (χ2v) is 7.15. The SMILES string of the molecule is O=C(O)c1cc(Cl)c2c(C3CCC3)nn(C3CCCCC3)c2n1. The van der Waals surface area contributed by atoms with Crippen molar-refractivity contribution in [2.45, 2.75) is 63.3 Å². The second kappa shape index (κ2) is 5.78. The number of rotatable bonds is 3. The van der Waals surface area contributed by atoms with Crippen LogP contribution in [0.2, 0.25) is 5.02 Å². The van der Waals surface area contributed by atoms with Gasteiger partial charge in [-0.3, -0.25) is 0 Å². The lowest BCUT2D eigenvalue weighted by Gasteiger charge is -2.24. The third kappa shape index (κ3) is 2.51. The molecule has 0 saturated heterocycles. The maximum Gasteiger partial charge on any atom is 0.354 e. The summed E-state index contributed by atoms with van der Waals surface area (Å²) >= 11 is 6.43. The van der Waals surface area contributed by atoms with Crippen LogP contribution >= 0.6 is 11.6 Å². The molecule has 0 amide bonds. The summed E-state index contributed by atoms with van der Waals surface area (Å²) in [6, 6.07) is 1.77. The molecule has 2 heterocycles. The monoisotopic (exact) mass is 333 g/mol. The number of nitrogens with zero attached hydrogens (tertiary/aromatic N) is 3. The summed E-state index contributed by atoms with van der Waals surface area (Å²) in [6.07, 6.45) is 9.30. The number of aromatic nitrogens is 3. The summed E-state index contributed by atoms with van der Waals surface area (Å²) in [5.74, 6) is -0.604. The molecule has 0 aromatic carbocycles. The molecule has 2 fully saturated rings. The summed E-state index contributed by atoms with van der Waals surface area (Å²) in [7, 11) is 0. The van der Waals surface area contributed by atoms with Gasteiger partial charge in [-0.15, -0.1) is 0 Å². The average Bonchev–Trinajstić information content (AvgIpc) is 2.86. The molecule has 2 aliphatic carbocycles. The highest BCUT2D eigenvalue weighted by Crippen LogP contribution is 2.42. The minimum absolute atomic E-state index is 0.000353. The second-order valence-electron chi connectivity index (χ2n) is 6.74. The first-order valence-corrected chi connectivity index (χ1v) is 8.85. The molecule has 2 aromatic heterocycles. The van der Waals surface area contributed by atoms with Crippen LogP contribution < -0.4 is 0 Å². The van der Waals surface area contributed by atoms with Gasteiger partial charge >= 0.3 is 5.97 Å². The molecular formula is C17H20ClN3O2. The van der Waals surface area contributed by atoms with E-state index in [-0.39, 0.29) is 5.69 Å². The summed E-state index contributed by atoms with van der Waals surface area (Å²) < 4.78 is 1.97. The van der Waals surface area contributed by atoms with Crippen molar-refractivity contribution in [1.82, 2.24) is 14.8 Å². The average molecular weight is 334 g/mol. The van der Waals surface area contributed by atoms with Crippen LogP contribution in [0, 0.1) is 0 Å². The van der Waals surface area contributed by atoms with E-state index in [2.05, 4.69) is 4.98 Å². The van der Waals surface area contributed by atoms with E-state index in [9.17, 15) is 9.90 Å². The molecule has 5 nitrogen and oxygen atoms in total. The summed E-state index contributed by atoms with van der Waals surface area (Å²) in [4.78, 5) is 15.7. The summed E-state index contributed by atoms with van der Waals surface area (Å²) in [6.45, 7) is 0. The minimum Gasteiger partial charge on any atom is -0.477 e. The van der Waals surface area contributed by atoms with E-state index in [0.717, 1.165) is 36.8 Å². The van der Waals surface area contributed by atoms with Crippen molar-refractivity contribution in [2.24, 2.45) is 0 Å². The highest BCUT2D eigenvalue weighted by atomic mass is 35.5. The standard InChI is InChI=1S/C17H20ClN3O2/c18-12-9-13(17(22)23)19-16-14(12)15(10-5-4-6-10)20-21(16)11-7-2-1-3-8-11/h9-11H,1-8H2,(H,22,23). The Morgan fingerprint density at radius 1 is 1.17 bits per heavy atom. The number of halogens is 1. The molecule has 0 bridgehead atoms. The van der Waals surface area contributed by atoms with Crippen molar-refractivity contribution in [3.05, 3.63) is 22.5 Å². The highest BCUT2D eigenvalue weighted by Gasteiger charge is 2.30. The van der Waals surface area contributed by atoms with Crippen LogP contribution in [-0.2, 0) is 0 Å². The minimum atomic E-state index is -1.05. The van der Waals surface area contributed by atoms with Crippen LogP contribution in [0.25, 0.3) is 11.0 Å². The fourth-order valence-electron chi connectivity index (χ4n) is 3.77. The normalized spacial score (nSPS) is 19.9. The molecular weight excluding hydrogens is 314 g/mol. The fourth-order valence-corrected chi connectivity index (χ4v) is 4.06. The number of hydrogen-bond acceptors (Lipinski definition) is 3. The molecule has 0 unspecified atom stereocenters. The molecule has 0 atom stereocenters. The Hall–Kier alpha value is -1.62. The van der Waals surface area contributed by atoms with Gasteiger partial charge in [-0.1, -0.05) is 37.3 Å². The third-order valence-electron chi connectivity index (χ3n) is 5.27. The topological polar surface area (TPSA) is 68.0 Å². The Kier molecular flexibility index (Phi) is 3.76. The van der Waals surface area contributed by atoms with E-state index in [1.165, 1.54) is 31.7 Å². The van der Waals surface area contributed by atoms with Gasteiger partial charge in [0.25, 0.3) is 0 Å². The zero-order valence-electron chi connectivity index (χ0n) is 13.0. The van der Waals surface area contributed by atoms with Crippen LogP contribution in [-0.4, -0.2) is 25.8 Å². The molecule has 2 saturated carbocycles. The van der Waals surface area contributed by atoms with E-state index in [4.69, 9.17) is 16.7 Å². The van der Waals surface area contributed by atoms with Gasteiger partial charge in [0.2, 0.25) is 0 Å². The lowest BCUT2D eigenvalue weighted by atomic mass is 9.82. The van der Waals surface area contributed by atoms with E-state index >= 15 is 0 Å². The molecule has 23 heavy (non-hydrogen) atoms. The zero-order chi connectivity index (χ0) is 16.0. The Bertz CT molecular complexity index is 761. The van der Waals surface area contributed by atoms with Crippen LogP contribution in [0.3, 0.4) is 0 Å². The van der Waals surface area contributed by atoms with E-state index in [1.807, 2.05) is 4.68 Å². The molecule has 1 N–H and O–H groups in total. The maximum atomic E-state index is 11.3. The van der Waals surface area contributed by atoms with E-state index < -0.39 is 5.97 Å². The number of fused-ring (bicyclic) bond motifs is 1. The van der Waals surface area contributed by atoms with Crippen molar-refractivity contribution >= 4 is 28.6 Å². The Morgan fingerprint density at radius 2 is 1.91 bits per heavy atom. The number of carboxylic acids is 1. The Balaban J connectivity index is 1.90. The molecule has 0 spiro atoms. The Morgan fingerprint density at radius 3 is 2.52 bits per heavy atom. The highest BCUT2D eigenvalue weighted by molar-refractivity contribution is 6.35. The molecule has 0 radical (unpaired) electrons. The molecule has 122 valence electrons. The van der Waals surface area contributed by atoms with Crippen molar-refractivity contribution in [2.75, 3.05) is 0 Å². The number of carboxylic acid groups (broad SMARTS) is 1. The predicted octanol–water partition coefficient (Wildman–Crippen LogP) is 4.56. The summed E-state index contributed by atoms with van der Waals surface area (Å²) in [5.41, 5.74) is 1.68. The lowest BCUT2D eigenvalue weighted by molar-refractivity contribution is 0.0691. The van der Waals surface area contributed by atoms with Gasteiger partial charge in [-0.05, 0) is 31.7 Å². The van der Waals surface area contributed by atoms with Gasteiger partial charge in [0.15, 0.2) is 11.3 Å². The predicted molar refractivity (Wildman–Crippen MR) is 88.2 cm³/mol. The zero-order valence-corrected chi connectivity index (χ0v) is 13.7.